The van der Waals surface area contributed by atoms with Gasteiger partial charge in [0.25, 0.3) is 6.43 Å². The number of nitrogens with one attached hydrogen (secondary N) is 1. The van der Waals surface area contributed by atoms with Crippen molar-refractivity contribution in [3.63, 3.8) is 0 Å². The normalized spacial score (nSPS) is 23.2. The van der Waals surface area contributed by atoms with Crippen molar-refractivity contribution < 1.29 is 27.4 Å². The fourth-order valence-corrected chi connectivity index (χ4v) is 3.50. The molecular weight excluding hydrogens is 361 g/mol. The molecule has 1 saturated carbocycles. The van der Waals surface area contributed by atoms with Gasteiger partial charge in [-0.2, -0.15) is 0 Å². The summed E-state index contributed by atoms with van der Waals surface area (Å²) in [4.78, 5) is 16.5. The van der Waals surface area contributed by atoms with E-state index in [0.29, 0.717) is 23.8 Å². The van der Waals surface area contributed by atoms with E-state index in [9.17, 15) is 18.0 Å². The lowest BCUT2D eigenvalue weighted by molar-refractivity contribution is -0.125. The van der Waals surface area contributed by atoms with Crippen LogP contribution in [0.5, 0.6) is 11.6 Å². The van der Waals surface area contributed by atoms with E-state index in [0.717, 1.165) is 0 Å². The molecule has 1 N–H and O–H groups in total. The summed E-state index contributed by atoms with van der Waals surface area (Å²) < 4.78 is 51.3. The molecule has 1 aromatic heterocycles. The van der Waals surface area contributed by atoms with Crippen molar-refractivity contribution in [1.29, 1.82) is 0 Å². The van der Waals surface area contributed by atoms with Crippen LogP contribution < -0.4 is 14.8 Å². The minimum atomic E-state index is -2.81. The van der Waals surface area contributed by atoms with Gasteiger partial charge in [0.2, 0.25) is 11.8 Å². The number of nitrogens with zero attached hydrogens (tertiary/aromatic N) is 1. The molecule has 4 rings (SSSR count). The molecule has 1 aliphatic carbocycles. The highest BCUT2D eigenvalue weighted by atomic mass is 19.3. The molecule has 4 unspecified atom stereocenters. The number of amides is 1. The molecule has 8 heteroatoms. The highest BCUT2D eigenvalue weighted by Gasteiger charge is 2.62. The number of carbonyl (C=O) groups excluding carboxylic acids is 1. The maximum atomic E-state index is 13.5. The van der Waals surface area contributed by atoms with E-state index in [1.165, 1.54) is 36.5 Å². The van der Waals surface area contributed by atoms with Crippen LogP contribution in [0.1, 0.15) is 30.0 Å². The molecule has 1 aliphatic heterocycles. The van der Waals surface area contributed by atoms with Crippen molar-refractivity contribution in [2.24, 2.45) is 5.92 Å². The molecule has 4 atom stereocenters. The lowest BCUT2D eigenvalue weighted by Gasteiger charge is -2.19. The molecule has 27 heavy (non-hydrogen) atoms. The predicted molar refractivity (Wildman–Crippen MR) is 89.3 cm³/mol. The van der Waals surface area contributed by atoms with Crippen LogP contribution in [0.15, 0.2) is 36.5 Å². The number of hydrogen-bond acceptors (Lipinski definition) is 4. The second-order valence-corrected chi connectivity index (χ2v) is 6.50. The zero-order valence-electron chi connectivity index (χ0n) is 14.4. The van der Waals surface area contributed by atoms with Crippen LogP contribution in [0.25, 0.3) is 0 Å². The van der Waals surface area contributed by atoms with Gasteiger partial charge in [0.1, 0.15) is 23.7 Å². The van der Waals surface area contributed by atoms with Gasteiger partial charge in [-0.15, -0.1) is 0 Å². The molecule has 0 spiro atoms. The fraction of sp³-hybridized carbons (Fsp3) is 0.368. The third-order valence-electron chi connectivity index (χ3n) is 4.81. The molecule has 1 amide bonds. The average molecular weight is 378 g/mol. The number of pyridine rings is 1. The number of benzene rings is 1. The Kier molecular flexibility index (Phi) is 4.41. The largest absolute Gasteiger partial charge is 0.489 e. The van der Waals surface area contributed by atoms with Crippen molar-refractivity contribution in [2.45, 2.75) is 31.4 Å². The first-order valence-electron chi connectivity index (χ1n) is 8.63. The Balaban J connectivity index is 1.46. The number of rotatable bonds is 6. The maximum Gasteiger partial charge on any atom is 0.262 e. The average Bonchev–Trinajstić information content (AvgIpc) is 3.24. The van der Waals surface area contributed by atoms with Crippen LogP contribution in [-0.2, 0) is 4.79 Å². The molecule has 142 valence electrons. The molecule has 2 aromatic rings. The van der Waals surface area contributed by atoms with Crippen LogP contribution in [0.3, 0.4) is 0 Å². The zero-order valence-corrected chi connectivity index (χ0v) is 14.4. The molecular formula is C19H17F3N2O3. The standard InChI is InChI=1S/C19H17F3N2O3/c1-2-26-13-6-3-9(8-23-13)16(18(21)22)24-19(25)15-14-11-7-10(20)4-5-12(11)27-17(14)15/h3-8,14-18H,2H2,1H3,(H,24,25). The second-order valence-electron chi connectivity index (χ2n) is 6.50. The Morgan fingerprint density at radius 3 is 2.81 bits per heavy atom. The van der Waals surface area contributed by atoms with Gasteiger partial charge in [-0.25, -0.2) is 18.2 Å². The highest BCUT2D eigenvalue weighted by Crippen LogP contribution is 2.58. The van der Waals surface area contributed by atoms with Crippen LogP contribution in [0.4, 0.5) is 13.2 Å². The first-order valence-corrected chi connectivity index (χ1v) is 8.63. The lowest BCUT2D eigenvalue weighted by atomic mass is 10.1. The van der Waals surface area contributed by atoms with Crippen molar-refractivity contribution in [2.75, 3.05) is 6.61 Å². The minimum absolute atomic E-state index is 0.181. The quantitative estimate of drug-likeness (QED) is 0.839. The van der Waals surface area contributed by atoms with E-state index < -0.39 is 36.2 Å². The highest BCUT2D eigenvalue weighted by molar-refractivity contribution is 5.86. The Hall–Kier alpha value is -2.77. The van der Waals surface area contributed by atoms with E-state index in [2.05, 4.69) is 10.3 Å². The Labute approximate surface area is 153 Å². The number of aromatic nitrogens is 1. The van der Waals surface area contributed by atoms with Gasteiger partial charge in [-0.05, 0) is 36.8 Å². The summed E-state index contributed by atoms with van der Waals surface area (Å²) in [7, 11) is 0. The number of alkyl halides is 2. The third kappa shape index (κ3) is 3.20. The molecule has 2 heterocycles. The summed E-state index contributed by atoms with van der Waals surface area (Å²) >= 11 is 0. The number of hydrogen-bond donors (Lipinski definition) is 1. The summed E-state index contributed by atoms with van der Waals surface area (Å²) in [5.41, 5.74) is 0.788. The summed E-state index contributed by atoms with van der Waals surface area (Å²) in [5.74, 6) is -1.00. The summed E-state index contributed by atoms with van der Waals surface area (Å²) in [6.45, 7) is 2.20. The van der Waals surface area contributed by atoms with E-state index in [-0.39, 0.29) is 11.5 Å². The number of fused-ring (bicyclic) bond motifs is 3. The van der Waals surface area contributed by atoms with Crippen molar-refractivity contribution in [3.8, 4) is 11.6 Å². The van der Waals surface area contributed by atoms with Crippen molar-refractivity contribution in [3.05, 3.63) is 53.5 Å². The van der Waals surface area contributed by atoms with Gasteiger partial charge >= 0.3 is 0 Å². The summed E-state index contributed by atoms with van der Waals surface area (Å²) in [5, 5.41) is 2.38. The Morgan fingerprint density at radius 2 is 2.15 bits per heavy atom. The Morgan fingerprint density at radius 1 is 1.33 bits per heavy atom. The summed E-state index contributed by atoms with van der Waals surface area (Å²) in [6.07, 6.45) is -1.98. The van der Waals surface area contributed by atoms with Crippen LogP contribution in [0, 0.1) is 11.7 Å². The molecule has 1 fully saturated rings. The molecule has 2 aliphatic rings. The lowest BCUT2D eigenvalue weighted by Crippen LogP contribution is -2.35. The molecule has 0 bridgehead atoms. The van der Waals surface area contributed by atoms with Crippen LogP contribution >= 0.6 is 0 Å². The fourth-order valence-electron chi connectivity index (χ4n) is 3.50. The number of ether oxygens (including phenoxy) is 2. The van der Waals surface area contributed by atoms with E-state index in [4.69, 9.17) is 9.47 Å². The molecule has 0 radical (unpaired) electrons. The van der Waals surface area contributed by atoms with E-state index >= 15 is 0 Å². The van der Waals surface area contributed by atoms with Gasteiger partial charge in [0, 0.05) is 23.7 Å². The van der Waals surface area contributed by atoms with Crippen LogP contribution in [-0.4, -0.2) is 30.0 Å². The van der Waals surface area contributed by atoms with Gasteiger partial charge in [0.15, 0.2) is 0 Å². The second kappa shape index (κ2) is 6.75. The number of halogens is 3. The van der Waals surface area contributed by atoms with Crippen LogP contribution in [0.2, 0.25) is 0 Å². The minimum Gasteiger partial charge on any atom is -0.489 e. The smallest absolute Gasteiger partial charge is 0.262 e. The van der Waals surface area contributed by atoms with E-state index in [1.807, 2.05) is 0 Å². The van der Waals surface area contributed by atoms with Gasteiger partial charge in [0.05, 0.1) is 12.5 Å². The summed E-state index contributed by atoms with van der Waals surface area (Å²) in [6, 6.07) is 5.56. The Bertz CT molecular complexity index is 860. The topological polar surface area (TPSA) is 60.5 Å². The SMILES string of the molecule is CCOc1ccc(C(NC(=O)C2C3Oc4ccc(F)cc4C32)C(F)F)cn1. The van der Waals surface area contributed by atoms with Gasteiger partial charge < -0.3 is 14.8 Å². The van der Waals surface area contributed by atoms with E-state index in [1.54, 1.807) is 6.92 Å². The molecule has 1 aromatic carbocycles. The van der Waals surface area contributed by atoms with Crippen molar-refractivity contribution in [1.82, 2.24) is 10.3 Å². The van der Waals surface area contributed by atoms with Gasteiger partial charge in [-0.1, -0.05) is 0 Å². The monoisotopic (exact) mass is 378 g/mol. The third-order valence-corrected chi connectivity index (χ3v) is 4.81. The maximum absolute atomic E-state index is 13.5. The molecule has 0 saturated heterocycles. The first kappa shape index (κ1) is 17.6. The zero-order chi connectivity index (χ0) is 19.1. The number of carbonyl (C=O) groups is 1. The predicted octanol–water partition coefficient (Wildman–Crippen LogP) is 3.22. The van der Waals surface area contributed by atoms with Crippen molar-refractivity contribution >= 4 is 5.91 Å². The first-order chi connectivity index (χ1) is 13.0. The van der Waals surface area contributed by atoms with Gasteiger partial charge in [-0.3, -0.25) is 4.79 Å². The molecule has 5 nitrogen and oxygen atoms in total.